The van der Waals surface area contributed by atoms with Crippen molar-refractivity contribution in [2.45, 2.75) is 54.4 Å². The van der Waals surface area contributed by atoms with E-state index in [4.69, 9.17) is 0 Å². The third-order valence-electron chi connectivity index (χ3n) is 4.66. The molecule has 0 aliphatic heterocycles. The molecule has 26 heteroatoms. The molecule has 292 valence electrons. The molecule has 2 N–H and O–H groups in total. The van der Waals surface area contributed by atoms with E-state index in [1.807, 2.05) is 41.0 Å². The summed E-state index contributed by atoms with van der Waals surface area (Å²) in [6.45, 7) is 5.46. The minimum absolute atomic E-state index is 0. The van der Waals surface area contributed by atoms with Crippen LogP contribution in [-0.2, 0) is 61.4 Å². The topological polar surface area (TPSA) is 244 Å². The molecule has 1 rings (SSSR count). The van der Waals surface area contributed by atoms with Crippen LogP contribution in [0.15, 0.2) is 59.9 Å². The van der Waals surface area contributed by atoms with Crippen LogP contribution < -0.4 is 40.2 Å². The van der Waals surface area contributed by atoms with Gasteiger partial charge in [-0.15, -0.1) is 0 Å². The van der Waals surface area contributed by atoms with E-state index < -0.39 is 80.4 Å². The number of hydrogen-bond donors (Lipinski definition) is 2. The van der Waals surface area contributed by atoms with Gasteiger partial charge in [-0.25, -0.2) is 35.2 Å². The molecule has 0 aliphatic carbocycles. The van der Waals surface area contributed by atoms with Crippen molar-refractivity contribution in [3.05, 3.63) is 55.0 Å². The van der Waals surface area contributed by atoms with Crippen LogP contribution in [-0.4, -0.2) is 99.2 Å². The maximum Gasteiger partial charge on any atom is 1.00 e. The predicted molar refractivity (Wildman–Crippen MR) is 164 cm³/mol. The second kappa shape index (κ2) is 25.0. The van der Waals surface area contributed by atoms with Crippen LogP contribution in [0.5, 0.6) is 0 Å². The number of halogens is 6. The molecule has 1 aromatic carbocycles. The first-order valence-electron chi connectivity index (χ1n) is 13.4. The molecule has 0 saturated carbocycles. The zero-order valence-electron chi connectivity index (χ0n) is 27.5. The van der Waals surface area contributed by atoms with Gasteiger partial charge in [-0.3, -0.25) is 9.59 Å². The van der Waals surface area contributed by atoms with Crippen molar-refractivity contribution in [1.29, 1.82) is 0 Å². The summed E-state index contributed by atoms with van der Waals surface area (Å²) in [5.74, 6) is -1.23. The van der Waals surface area contributed by atoms with Gasteiger partial charge >= 0.3 is 64.2 Å². The number of nitrogens with one attached hydrogen (secondary N) is 2. The number of rotatable bonds is 16. The van der Waals surface area contributed by atoms with Crippen molar-refractivity contribution in [3.8, 4) is 0 Å². The molecule has 0 saturated heterocycles. The van der Waals surface area contributed by atoms with Crippen LogP contribution in [0.4, 0.5) is 35.9 Å². The van der Waals surface area contributed by atoms with Gasteiger partial charge in [0.05, 0.1) is 24.4 Å². The molecule has 0 bridgehead atoms. The maximum atomic E-state index is 12.9. The third kappa shape index (κ3) is 23.5. The fourth-order valence-corrected chi connectivity index (χ4v) is 3.32. The van der Waals surface area contributed by atoms with Crippen LogP contribution in [0.2, 0.25) is 0 Å². The number of allylic oxidation sites excluding steroid dienone is 2. The van der Waals surface area contributed by atoms with Crippen molar-refractivity contribution in [2.24, 2.45) is 0 Å². The van der Waals surface area contributed by atoms with Gasteiger partial charge in [0.2, 0.25) is 12.3 Å². The van der Waals surface area contributed by atoms with Gasteiger partial charge in [0.15, 0.2) is 20.2 Å². The van der Waals surface area contributed by atoms with Crippen molar-refractivity contribution >= 4 is 57.0 Å². The van der Waals surface area contributed by atoms with Crippen molar-refractivity contribution in [3.63, 3.8) is 0 Å². The summed E-state index contributed by atoms with van der Waals surface area (Å²) < 4.78 is 154. The fraction of sp³-hybridized carbons (Fsp3) is 0.462. The van der Waals surface area contributed by atoms with Crippen LogP contribution in [0.25, 0.3) is 0 Å². The SMILES string of the molecule is C=C(C)OC(=O)CCNC(=O)OCC(F)C(F)(F)S(=O)(=O)[O-].C=C(C)OC(=O)CCNC(=O)OCC(F)C(F)(F)S(=O)(=O)[O-].[Na+].[SH2+]c1ccccc1. The Kier molecular flexibility index (Phi) is 25.7. The summed E-state index contributed by atoms with van der Waals surface area (Å²) in [5.41, 5.74) is 0. The van der Waals surface area contributed by atoms with Gasteiger partial charge in [0.1, 0.15) is 18.1 Å². The molecule has 0 aromatic heterocycles. The standard InChI is InChI=1S/2C10H14F3NO7S.C6H6S.Na/c2*1-6(2)21-8(15)3-4-14-9(16)20-5-7(11)10(12,13)22(17,18)19;7-6-4-2-1-3-5-6;/h2*7H,1,3-5H2,2H3,(H,14,16)(H,17,18,19);1-5,7H;/q;;;+1/p-1. The molecule has 2 unspecified atom stereocenters. The zero-order chi connectivity index (χ0) is 40.2. The molecule has 2 amide bonds. The van der Waals surface area contributed by atoms with Crippen LogP contribution in [0.3, 0.4) is 0 Å². The van der Waals surface area contributed by atoms with E-state index in [2.05, 4.69) is 44.7 Å². The number of hydrogen-bond acceptors (Lipinski definition) is 14. The average Bonchev–Trinajstić information content (AvgIpc) is 2.97. The van der Waals surface area contributed by atoms with Crippen molar-refractivity contribution < 1.29 is 120 Å². The number of esters is 2. The van der Waals surface area contributed by atoms with Gasteiger partial charge in [-0.1, -0.05) is 31.4 Å². The molecular formula is C26H33F6N2NaO14S3. The Balaban J connectivity index is -0.000000762. The molecule has 0 spiro atoms. The van der Waals surface area contributed by atoms with Gasteiger partial charge in [0.25, 0.3) is 0 Å². The Morgan fingerprint density at radius 3 is 1.29 bits per heavy atom. The summed E-state index contributed by atoms with van der Waals surface area (Å²) in [5, 5.41) is -6.64. The number of alkyl carbamates (subject to hydrolysis) is 2. The number of benzene rings is 1. The second-order valence-corrected chi connectivity index (χ2v) is 12.7. The first-order chi connectivity index (χ1) is 23.1. The fourth-order valence-electron chi connectivity index (χ4n) is 2.37. The van der Waals surface area contributed by atoms with Gasteiger partial charge in [-0.2, -0.15) is 17.6 Å². The Bertz CT molecular complexity index is 1460. The normalized spacial score (nSPS) is 12.3. The summed E-state index contributed by atoms with van der Waals surface area (Å²) >= 11 is 3.36. The monoisotopic (exact) mass is 830 g/mol. The predicted octanol–water partition coefficient (Wildman–Crippen LogP) is -0.628. The number of amides is 2. The molecule has 0 aliphatic rings. The van der Waals surface area contributed by atoms with Gasteiger partial charge in [-0.05, 0) is 38.6 Å². The first-order valence-corrected chi connectivity index (χ1v) is 16.7. The maximum absolute atomic E-state index is 12.9. The van der Waals surface area contributed by atoms with E-state index in [0.29, 0.717) is 0 Å². The van der Waals surface area contributed by atoms with E-state index in [9.17, 15) is 71.5 Å². The minimum atomic E-state index is -6.23. The van der Waals surface area contributed by atoms with E-state index in [-0.39, 0.29) is 67.0 Å². The van der Waals surface area contributed by atoms with E-state index >= 15 is 0 Å². The number of carbonyl (C=O) groups excluding carboxylic acids is 4. The number of carbonyl (C=O) groups is 4. The van der Waals surface area contributed by atoms with Crippen LogP contribution >= 0.6 is 0 Å². The summed E-state index contributed by atoms with van der Waals surface area (Å²) in [6, 6.07) is 9.96. The molecule has 0 radical (unpaired) electrons. The minimum Gasteiger partial charge on any atom is -0.743 e. The van der Waals surface area contributed by atoms with Gasteiger partial charge in [0, 0.05) is 13.1 Å². The van der Waals surface area contributed by atoms with Crippen LogP contribution in [0.1, 0.15) is 26.7 Å². The van der Waals surface area contributed by atoms with Gasteiger partial charge < -0.3 is 38.7 Å². The van der Waals surface area contributed by atoms with E-state index in [1.165, 1.54) is 13.8 Å². The molecule has 0 fully saturated rings. The summed E-state index contributed by atoms with van der Waals surface area (Å²) in [7, 11) is -12.5. The molecule has 0 heterocycles. The quantitative estimate of drug-likeness (QED) is 0.0401. The molecule has 52 heavy (non-hydrogen) atoms. The zero-order valence-corrected chi connectivity index (χ0v) is 32.1. The second-order valence-electron chi connectivity index (χ2n) is 9.24. The molecule has 2 atom stereocenters. The summed E-state index contributed by atoms with van der Waals surface area (Å²) in [4.78, 5) is 45.1. The van der Waals surface area contributed by atoms with Crippen molar-refractivity contribution in [2.75, 3.05) is 26.3 Å². The average molecular weight is 831 g/mol. The molecular weight excluding hydrogens is 797 g/mol. The number of ether oxygens (including phenoxy) is 4. The van der Waals surface area contributed by atoms with Crippen LogP contribution in [0, 0.1) is 0 Å². The molecule has 16 nitrogen and oxygen atoms in total. The largest absolute Gasteiger partial charge is 1.00 e. The Hall–Kier alpha value is -3.07. The number of alkyl halides is 6. The van der Waals surface area contributed by atoms with E-state index in [1.54, 1.807) is 0 Å². The first kappa shape index (κ1) is 53.3. The third-order valence-corrected chi connectivity index (χ3v) is 6.84. The smallest absolute Gasteiger partial charge is 0.743 e. The molecule has 1 aromatic rings. The Morgan fingerprint density at radius 2 is 1.06 bits per heavy atom. The Labute approximate surface area is 321 Å². The summed E-state index contributed by atoms with van der Waals surface area (Å²) in [6.07, 6.45) is -10.4. The van der Waals surface area contributed by atoms with E-state index in [0.717, 1.165) is 4.90 Å². The Morgan fingerprint density at radius 1 is 0.750 bits per heavy atom. The van der Waals surface area contributed by atoms with Crippen molar-refractivity contribution in [1.82, 2.24) is 10.6 Å².